The summed E-state index contributed by atoms with van der Waals surface area (Å²) >= 11 is 1.54. The summed E-state index contributed by atoms with van der Waals surface area (Å²) in [4.78, 5) is 19.7. The van der Waals surface area contributed by atoms with Crippen LogP contribution in [0, 0.1) is 0 Å². The van der Waals surface area contributed by atoms with Crippen molar-refractivity contribution in [1.29, 1.82) is 0 Å². The van der Waals surface area contributed by atoms with Crippen LogP contribution in [0.25, 0.3) is 0 Å². The standard InChI is InChI=1S/C11H18N4OS/c1-3-12-10-6-14-9(5-15-10)7-17-8-11(16)13-4-2/h5-6H,3-4,7-8H2,1-2H3,(H,12,15)(H,13,16). The molecule has 0 aliphatic rings. The second kappa shape index (κ2) is 7.89. The molecule has 0 radical (unpaired) electrons. The Morgan fingerprint density at radius 3 is 2.71 bits per heavy atom. The average molecular weight is 254 g/mol. The van der Waals surface area contributed by atoms with Gasteiger partial charge in [0.15, 0.2) is 0 Å². The molecule has 0 atom stereocenters. The number of hydrogen-bond donors (Lipinski definition) is 2. The number of hydrogen-bond acceptors (Lipinski definition) is 5. The molecule has 1 aromatic heterocycles. The molecule has 0 fully saturated rings. The summed E-state index contributed by atoms with van der Waals surface area (Å²) in [6.07, 6.45) is 3.45. The van der Waals surface area contributed by atoms with Crippen LogP contribution in [0.1, 0.15) is 19.5 Å². The second-order valence-electron chi connectivity index (χ2n) is 3.37. The number of nitrogens with zero attached hydrogens (tertiary/aromatic N) is 2. The lowest BCUT2D eigenvalue weighted by Gasteiger charge is -2.04. The van der Waals surface area contributed by atoms with E-state index in [0.717, 1.165) is 18.1 Å². The molecule has 0 unspecified atom stereocenters. The smallest absolute Gasteiger partial charge is 0.229 e. The van der Waals surface area contributed by atoms with E-state index in [0.29, 0.717) is 18.1 Å². The molecular formula is C11H18N4OS. The highest BCUT2D eigenvalue weighted by Crippen LogP contribution is 2.09. The number of anilines is 1. The van der Waals surface area contributed by atoms with Crippen LogP contribution in [-0.4, -0.2) is 34.7 Å². The number of aromatic nitrogens is 2. The first-order chi connectivity index (χ1) is 8.26. The van der Waals surface area contributed by atoms with Crippen LogP contribution in [0.15, 0.2) is 12.4 Å². The van der Waals surface area contributed by atoms with E-state index >= 15 is 0 Å². The lowest BCUT2D eigenvalue weighted by Crippen LogP contribution is -2.24. The Morgan fingerprint density at radius 1 is 1.29 bits per heavy atom. The van der Waals surface area contributed by atoms with Gasteiger partial charge in [0.05, 0.1) is 23.8 Å². The van der Waals surface area contributed by atoms with Crippen molar-refractivity contribution in [3.05, 3.63) is 18.1 Å². The SMILES string of the molecule is CCNC(=O)CSCc1cnc(NCC)cn1. The van der Waals surface area contributed by atoms with Crippen molar-refractivity contribution in [3.63, 3.8) is 0 Å². The summed E-state index contributed by atoms with van der Waals surface area (Å²) in [5.74, 6) is 2.01. The maximum absolute atomic E-state index is 11.2. The van der Waals surface area contributed by atoms with Gasteiger partial charge < -0.3 is 10.6 Å². The minimum Gasteiger partial charge on any atom is -0.369 e. The van der Waals surface area contributed by atoms with Gasteiger partial charge in [-0.05, 0) is 13.8 Å². The van der Waals surface area contributed by atoms with Crippen molar-refractivity contribution < 1.29 is 4.79 Å². The minimum atomic E-state index is 0.0646. The summed E-state index contributed by atoms with van der Waals surface area (Å²) in [6.45, 7) is 5.43. The van der Waals surface area contributed by atoms with E-state index in [9.17, 15) is 4.79 Å². The Morgan fingerprint density at radius 2 is 2.12 bits per heavy atom. The normalized spacial score (nSPS) is 10.0. The van der Waals surface area contributed by atoms with E-state index in [2.05, 4.69) is 20.6 Å². The number of carbonyl (C=O) groups is 1. The van der Waals surface area contributed by atoms with Gasteiger partial charge in [-0.1, -0.05) is 0 Å². The largest absolute Gasteiger partial charge is 0.369 e. The third-order valence-corrected chi connectivity index (χ3v) is 2.89. The zero-order valence-corrected chi connectivity index (χ0v) is 11.0. The van der Waals surface area contributed by atoms with Crippen LogP contribution in [0.5, 0.6) is 0 Å². The summed E-state index contributed by atoms with van der Waals surface area (Å²) < 4.78 is 0. The van der Waals surface area contributed by atoms with Crippen LogP contribution < -0.4 is 10.6 Å². The third-order valence-electron chi connectivity index (χ3n) is 1.92. The van der Waals surface area contributed by atoms with E-state index in [1.54, 1.807) is 12.4 Å². The molecule has 6 heteroatoms. The maximum atomic E-state index is 11.2. The van der Waals surface area contributed by atoms with E-state index in [-0.39, 0.29) is 5.91 Å². The van der Waals surface area contributed by atoms with Crippen molar-refractivity contribution >= 4 is 23.5 Å². The molecule has 5 nitrogen and oxygen atoms in total. The van der Waals surface area contributed by atoms with Crippen molar-refractivity contribution in [1.82, 2.24) is 15.3 Å². The van der Waals surface area contributed by atoms with Gasteiger partial charge in [0.2, 0.25) is 5.91 Å². The molecule has 0 saturated heterocycles. The highest BCUT2D eigenvalue weighted by Gasteiger charge is 2.01. The lowest BCUT2D eigenvalue weighted by molar-refractivity contribution is -0.118. The van der Waals surface area contributed by atoms with E-state index in [1.807, 2.05) is 13.8 Å². The predicted molar refractivity (Wildman–Crippen MR) is 71.0 cm³/mol. The minimum absolute atomic E-state index is 0.0646. The van der Waals surface area contributed by atoms with Crippen LogP contribution >= 0.6 is 11.8 Å². The second-order valence-corrected chi connectivity index (χ2v) is 4.36. The summed E-state index contributed by atoms with van der Waals surface area (Å²) in [6, 6.07) is 0. The quantitative estimate of drug-likeness (QED) is 0.767. The molecule has 0 spiro atoms. The molecule has 94 valence electrons. The van der Waals surface area contributed by atoms with Gasteiger partial charge in [0, 0.05) is 18.8 Å². The van der Waals surface area contributed by atoms with E-state index in [1.165, 1.54) is 11.8 Å². The van der Waals surface area contributed by atoms with Gasteiger partial charge in [-0.15, -0.1) is 11.8 Å². The van der Waals surface area contributed by atoms with Gasteiger partial charge in [-0.25, -0.2) is 4.98 Å². The Balaban J connectivity index is 2.29. The Kier molecular flexibility index (Phi) is 6.39. The van der Waals surface area contributed by atoms with Crippen molar-refractivity contribution in [2.45, 2.75) is 19.6 Å². The average Bonchev–Trinajstić information content (AvgIpc) is 2.32. The number of nitrogens with one attached hydrogen (secondary N) is 2. The zero-order valence-electron chi connectivity index (χ0n) is 10.2. The highest BCUT2D eigenvalue weighted by atomic mass is 32.2. The van der Waals surface area contributed by atoms with Crippen LogP contribution in [0.4, 0.5) is 5.82 Å². The lowest BCUT2D eigenvalue weighted by atomic mass is 10.5. The molecule has 0 aliphatic carbocycles. The fourth-order valence-corrected chi connectivity index (χ4v) is 1.95. The van der Waals surface area contributed by atoms with Crippen molar-refractivity contribution in [2.24, 2.45) is 0 Å². The molecular weight excluding hydrogens is 236 g/mol. The maximum Gasteiger partial charge on any atom is 0.229 e. The number of carbonyl (C=O) groups excluding carboxylic acids is 1. The first-order valence-corrected chi connectivity index (χ1v) is 6.81. The van der Waals surface area contributed by atoms with Gasteiger partial charge in [0.1, 0.15) is 5.82 Å². The third kappa shape index (κ3) is 5.53. The molecule has 2 N–H and O–H groups in total. The molecule has 1 amide bonds. The monoisotopic (exact) mass is 254 g/mol. The fraction of sp³-hybridized carbons (Fsp3) is 0.545. The molecule has 0 bridgehead atoms. The molecule has 1 aromatic rings. The van der Waals surface area contributed by atoms with E-state index in [4.69, 9.17) is 0 Å². The number of thioether (sulfide) groups is 1. The first-order valence-electron chi connectivity index (χ1n) is 5.65. The molecule has 1 heterocycles. The van der Waals surface area contributed by atoms with Gasteiger partial charge in [-0.2, -0.15) is 0 Å². The van der Waals surface area contributed by atoms with Crippen LogP contribution in [0.2, 0.25) is 0 Å². The Labute approximate surface area is 106 Å². The van der Waals surface area contributed by atoms with Gasteiger partial charge >= 0.3 is 0 Å². The molecule has 0 aliphatic heterocycles. The fourth-order valence-electron chi connectivity index (χ4n) is 1.20. The van der Waals surface area contributed by atoms with Gasteiger partial charge in [0.25, 0.3) is 0 Å². The van der Waals surface area contributed by atoms with E-state index < -0.39 is 0 Å². The zero-order chi connectivity index (χ0) is 12.5. The molecule has 17 heavy (non-hydrogen) atoms. The number of amides is 1. The van der Waals surface area contributed by atoms with Crippen molar-refractivity contribution in [2.75, 3.05) is 24.2 Å². The molecule has 0 saturated carbocycles. The number of rotatable bonds is 7. The summed E-state index contributed by atoms with van der Waals surface area (Å²) in [7, 11) is 0. The highest BCUT2D eigenvalue weighted by molar-refractivity contribution is 7.99. The molecule has 1 rings (SSSR count). The summed E-state index contributed by atoms with van der Waals surface area (Å²) in [5.41, 5.74) is 0.890. The van der Waals surface area contributed by atoms with Crippen LogP contribution in [-0.2, 0) is 10.5 Å². The molecule has 0 aromatic carbocycles. The van der Waals surface area contributed by atoms with Gasteiger partial charge in [-0.3, -0.25) is 9.78 Å². The Hall–Kier alpha value is -1.30. The first kappa shape index (κ1) is 13.8. The Bertz CT molecular complexity index is 342. The van der Waals surface area contributed by atoms with Crippen LogP contribution in [0.3, 0.4) is 0 Å². The summed E-state index contributed by atoms with van der Waals surface area (Å²) in [5, 5.41) is 5.83. The van der Waals surface area contributed by atoms with Crippen molar-refractivity contribution in [3.8, 4) is 0 Å². The topological polar surface area (TPSA) is 66.9 Å². The predicted octanol–water partition coefficient (Wildman–Crippen LogP) is 1.28.